The van der Waals surface area contributed by atoms with E-state index in [0.717, 1.165) is 49.7 Å². The van der Waals surface area contributed by atoms with Crippen LogP contribution in [0, 0.1) is 0 Å². The summed E-state index contributed by atoms with van der Waals surface area (Å²) in [5, 5.41) is 5.53. The Morgan fingerprint density at radius 2 is 1.00 bits per heavy atom. The summed E-state index contributed by atoms with van der Waals surface area (Å²) in [5.74, 6) is 0. The summed E-state index contributed by atoms with van der Waals surface area (Å²) in [6, 6.07) is 19.9. The zero-order valence-corrected chi connectivity index (χ0v) is 17.5. The maximum atomic E-state index is 11.6. The van der Waals surface area contributed by atoms with E-state index in [1.807, 2.05) is 60.7 Å². The third-order valence-corrected chi connectivity index (χ3v) is 4.58. The van der Waals surface area contributed by atoms with Crippen LogP contribution in [0.4, 0.5) is 9.59 Å². The number of hydrogen-bond acceptors (Lipinski definition) is 4. The van der Waals surface area contributed by atoms with Crippen molar-refractivity contribution in [2.24, 2.45) is 0 Å². The van der Waals surface area contributed by atoms with E-state index in [4.69, 9.17) is 9.47 Å². The second kappa shape index (κ2) is 14.9. The molecule has 0 fully saturated rings. The lowest BCUT2D eigenvalue weighted by Crippen LogP contribution is -2.26. The zero-order valence-electron chi connectivity index (χ0n) is 17.5. The molecule has 0 heterocycles. The van der Waals surface area contributed by atoms with Gasteiger partial charge in [-0.05, 0) is 24.0 Å². The zero-order chi connectivity index (χ0) is 21.3. The average molecular weight is 413 g/mol. The van der Waals surface area contributed by atoms with Gasteiger partial charge < -0.3 is 20.1 Å². The van der Waals surface area contributed by atoms with Gasteiger partial charge in [-0.2, -0.15) is 0 Å². The lowest BCUT2D eigenvalue weighted by molar-refractivity contribution is 0.146. The largest absolute Gasteiger partial charge is 0.449 e. The topological polar surface area (TPSA) is 76.7 Å². The highest BCUT2D eigenvalue weighted by molar-refractivity contribution is 5.67. The van der Waals surface area contributed by atoms with Crippen molar-refractivity contribution in [2.75, 3.05) is 26.3 Å². The Labute approximate surface area is 179 Å². The van der Waals surface area contributed by atoms with E-state index in [-0.39, 0.29) is 12.2 Å². The molecule has 30 heavy (non-hydrogen) atoms. The molecule has 6 nitrogen and oxygen atoms in total. The Morgan fingerprint density at radius 1 is 0.600 bits per heavy atom. The highest BCUT2D eigenvalue weighted by Gasteiger charge is 2.03. The van der Waals surface area contributed by atoms with E-state index in [0.29, 0.717) is 26.3 Å². The molecule has 0 radical (unpaired) electrons. The number of ether oxygens (including phenoxy) is 2. The number of carbonyl (C=O) groups is 2. The number of rotatable bonds is 13. The van der Waals surface area contributed by atoms with Crippen LogP contribution in [0.3, 0.4) is 0 Å². The molecule has 0 saturated heterocycles. The summed E-state index contributed by atoms with van der Waals surface area (Å²) >= 11 is 0. The molecule has 0 aliphatic carbocycles. The lowest BCUT2D eigenvalue weighted by atomic mass is 10.2. The van der Waals surface area contributed by atoms with Crippen LogP contribution in [0.5, 0.6) is 0 Å². The fourth-order valence-electron chi connectivity index (χ4n) is 2.90. The van der Waals surface area contributed by atoms with Crippen LogP contribution < -0.4 is 10.6 Å². The standard InChI is InChI=1S/C24H32N2O4/c27-23(29-19-15-21-11-5-3-6-12-21)25-17-9-1-2-10-18-26-24(28)30-20-16-22-13-7-4-8-14-22/h3-8,11-14H,1-2,9-10,15-20H2,(H,25,27)(H,26,28). The number of nitrogens with one attached hydrogen (secondary N) is 2. The first-order chi connectivity index (χ1) is 14.7. The number of carbonyl (C=O) groups excluding carboxylic acids is 2. The molecule has 0 aromatic heterocycles. The molecule has 2 rings (SSSR count). The van der Waals surface area contributed by atoms with Gasteiger partial charge in [-0.1, -0.05) is 73.5 Å². The first kappa shape index (κ1) is 23.3. The Kier molecular flexibility index (Phi) is 11.6. The van der Waals surface area contributed by atoms with Crippen LogP contribution in [0.25, 0.3) is 0 Å². The van der Waals surface area contributed by atoms with Crippen LogP contribution in [0.1, 0.15) is 36.8 Å². The molecule has 2 N–H and O–H groups in total. The summed E-state index contributed by atoms with van der Waals surface area (Å²) in [6.07, 6.45) is 4.43. The van der Waals surface area contributed by atoms with Crippen LogP contribution in [0.15, 0.2) is 60.7 Å². The number of amides is 2. The van der Waals surface area contributed by atoms with Crippen LogP contribution >= 0.6 is 0 Å². The van der Waals surface area contributed by atoms with Crippen LogP contribution in [-0.4, -0.2) is 38.5 Å². The van der Waals surface area contributed by atoms with Crippen molar-refractivity contribution in [1.82, 2.24) is 10.6 Å². The van der Waals surface area contributed by atoms with E-state index >= 15 is 0 Å². The summed E-state index contributed by atoms with van der Waals surface area (Å²) in [6.45, 7) is 1.95. The fourth-order valence-corrected chi connectivity index (χ4v) is 2.90. The minimum Gasteiger partial charge on any atom is -0.449 e. The molecule has 2 aromatic rings. The molecule has 0 bridgehead atoms. The van der Waals surface area contributed by atoms with Crippen molar-refractivity contribution in [1.29, 1.82) is 0 Å². The number of hydrogen-bond donors (Lipinski definition) is 2. The van der Waals surface area contributed by atoms with Crippen molar-refractivity contribution >= 4 is 12.2 Å². The van der Waals surface area contributed by atoms with Gasteiger partial charge in [0.1, 0.15) is 0 Å². The number of alkyl carbamates (subject to hydrolysis) is 2. The average Bonchev–Trinajstić information content (AvgIpc) is 2.77. The molecule has 0 aliphatic rings. The maximum absolute atomic E-state index is 11.6. The molecule has 0 saturated carbocycles. The van der Waals surface area contributed by atoms with Gasteiger partial charge in [0.2, 0.25) is 0 Å². The predicted molar refractivity (Wildman–Crippen MR) is 117 cm³/mol. The van der Waals surface area contributed by atoms with E-state index in [1.54, 1.807) is 0 Å². The van der Waals surface area contributed by atoms with Crippen molar-refractivity contribution in [3.05, 3.63) is 71.8 Å². The third-order valence-electron chi connectivity index (χ3n) is 4.58. The van der Waals surface area contributed by atoms with Gasteiger partial charge in [0, 0.05) is 25.9 Å². The second-order valence-electron chi connectivity index (χ2n) is 7.01. The molecular formula is C24H32N2O4. The maximum Gasteiger partial charge on any atom is 0.407 e. The molecule has 2 amide bonds. The molecule has 0 aliphatic heterocycles. The Bertz CT molecular complexity index is 659. The van der Waals surface area contributed by atoms with Crippen LogP contribution in [0.2, 0.25) is 0 Å². The van der Waals surface area contributed by atoms with E-state index in [2.05, 4.69) is 10.6 Å². The van der Waals surface area contributed by atoms with Gasteiger partial charge in [0.25, 0.3) is 0 Å². The molecule has 0 atom stereocenters. The molecule has 162 valence electrons. The van der Waals surface area contributed by atoms with Crippen molar-refractivity contribution in [3.63, 3.8) is 0 Å². The first-order valence-corrected chi connectivity index (χ1v) is 10.6. The predicted octanol–water partition coefficient (Wildman–Crippen LogP) is 4.48. The van der Waals surface area contributed by atoms with Gasteiger partial charge in [-0.3, -0.25) is 0 Å². The number of unbranched alkanes of at least 4 members (excludes halogenated alkanes) is 3. The molecule has 0 spiro atoms. The van der Waals surface area contributed by atoms with Crippen molar-refractivity contribution < 1.29 is 19.1 Å². The molecule has 6 heteroatoms. The SMILES string of the molecule is O=C(NCCCCCCNC(=O)OCCc1ccccc1)OCCc1ccccc1. The van der Waals surface area contributed by atoms with Crippen LogP contribution in [-0.2, 0) is 22.3 Å². The Balaban J connectivity index is 1.35. The smallest absolute Gasteiger partial charge is 0.407 e. The van der Waals surface area contributed by atoms with Gasteiger partial charge >= 0.3 is 12.2 Å². The second-order valence-corrected chi connectivity index (χ2v) is 7.01. The quantitative estimate of drug-likeness (QED) is 0.476. The summed E-state index contributed by atoms with van der Waals surface area (Å²) in [7, 11) is 0. The first-order valence-electron chi connectivity index (χ1n) is 10.6. The third kappa shape index (κ3) is 11.1. The fraction of sp³-hybridized carbons (Fsp3) is 0.417. The van der Waals surface area contributed by atoms with Crippen molar-refractivity contribution in [3.8, 4) is 0 Å². The lowest BCUT2D eigenvalue weighted by Gasteiger charge is -2.08. The molecule has 0 unspecified atom stereocenters. The van der Waals surface area contributed by atoms with Gasteiger partial charge in [0.05, 0.1) is 13.2 Å². The highest BCUT2D eigenvalue weighted by Crippen LogP contribution is 2.01. The molecule has 2 aromatic carbocycles. The minimum atomic E-state index is -0.370. The van der Waals surface area contributed by atoms with E-state index in [1.165, 1.54) is 0 Å². The summed E-state index contributed by atoms with van der Waals surface area (Å²) in [5.41, 5.74) is 2.30. The van der Waals surface area contributed by atoms with Gasteiger partial charge in [0.15, 0.2) is 0 Å². The Morgan fingerprint density at radius 3 is 1.40 bits per heavy atom. The Hall–Kier alpha value is -3.02. The monoisotopic (exact) mass is 412 g/mol. The summed E-state index contributed by atoms with van der Waals surface area (Å²) in [4.78, 5) is 23.3. The molecular weight excluding hydrogens is 380 g/mol. The van der Waals surface area contributed by atoms with E-state index in [9.17, 15) is 9.59 Å². The van der Waals surface area contributed by atoms with Gasteiger partial charge in [-0.25, -0.2) is 9.59 Å². The summed E-state index contributed by atoms with van der Waals surface area (Å²) < 4.78 is 10.3. The number of benzene rings is 2. The van der Waals surface area contributed by atoms with E-state index < -0.39 is 0 Å². The highest BCUT2D eigenvalue weighted by atomic mass is 16.6. The minimum absolute atomic E-state index is 0.370. The van der Waals surface area contributed by atoms with Crippen molar-refractivity contribution in [2.45, 2.75) is 38.5 Å². The van der Waals surface area contributed by atoms with Gasteiger partial charge in [-0.15, -0.1) is 0 Å². The normalized spacial score (nSPS) is 10.3.